The Hall–Kier alpha value is -1.90. The predicted molar refractivity (Wildman–Crippen MR) is 105 cm³/mol. The second-order valence-corrected chi connectivity index (χ2v) is 5.43. The molecule has 1 heterocycles. The SMILES string of the molecule is CN(C)C(=NCc1cccnc1Oc1cccc(F)c1)N(C)C.I. The van der Waals surface area contributed by atoms with Gasteiger partial charge in [0.15, 0.2) is 5.96 Å². The van der Waals surface area contributed by atoms with E-state index in [1.807, 2.05) is 50.1 Å². The van der Waals surface area contributed by atoms with E-state index in [0.29, 0.717) is 18.2 Å². The Morgan fingerprint density at radius 2 is 1.83 bits per heavy atom. The van der Waals surface area contributed by atoms with Gasteiger partial charge in [0.05, 0.1) is 6.54 Å². The highest BCUT2D eigenvalue weighted by molar-refractivity contribution is 14.0. The molecule has 24 heavy (non-hydrogen) atoms. The summed E-state index contributed by atoms with van der Waals surface area (Å²) in [7, 11) is 7.75. The molecule has 2 rings (SSSR count). The molecule has 7 heteroatoms. The van der Waals surface area contributed by atoms with E-state index in [1.165, 1.54) is 12.1 Å². The standard InChI is InChI=1S/C17H21FN4O.HI/c1-21(2)17(22(3)4)20-12-13-7-6-10-19-16(13)23-15-9-5-8-14(18)11-15;/h5-11H,12H2,1-4H3;1H. The van der Waals surface area contributed by atoms with Crippen molar-refractivity contribution in [3.8, 4) is 11.6 Å². The van der Waals surface area contributed by atoms with Gasteiger partial charge in [0, 0.05) is 46.0 Å². The zero-order valence-electron chi connectivity index (χ0n) is 14.2. The fourth-order valence-corrected chi connectivity index (χ4v) is 2.12. The minimum atomic E-state index is -0.347. The molecular weight excluding hydrogens is 422 g/mol. The Balaban J connectivity index is 0.00000288. The first kappa shape index (κ1) is 20.1. The molecule has 5 nitrogen and oxygen atoms in total. The van der Waals surface area contributed by atoms with Crippen molar-refractivity contribution in [2.45, 2.75) is 6.54 Å². The number of benzene rings is 1. The maximum Gasteiger partial charge on any atom is 0.224 e. The molecule has 1 aromatic heterocycles. The number of hydrogen-bond acceptors (Lipinski definition) is 3. The van der Waals surface area contributed by atoms with Crippen LogP contribution in [0.25, 0.3) is 0 Å². The summed E-state index contributed by atoms with van der Waals surface area (Å²) in [6.07, 6.45) is 1.64. The summed E-state index contributed by atoms with van der Waals surface area (Å²) >= 11 is 0. The number of hydrogen-bond donors (Lipinski definition) is 0. The Labute approximate surface area is 159 Å². The van der Waals surface area contributed by atoms with Crippen molar-refractivity contribution < 1.29 is 9.13 Å². The molecule has 0 saturated carbocycles. The molecule has 0 fully saturated rings. The van der Waals surface area contributed by atoms with E-state index in [-0.39, 0.29) is 29.8 Å². The largest absolute Gasteiger partial charge is 0.439 e. The first-order valence-electron chi connectivity index (χ1n) is 7.24. The summed E-state index contributed by atoms with van der Waals surface area (Å²) in [5, 5.41) is 0. The Bertz CT molecular complexity index is 682. The number of aromatic nitrogens is 1. The fourth-order valence-electron chi connectivity index (χ4n) is 2.12. The van der Waals surface area contributed by atoms with Crippen LogP contribution in [-0.4, -0.2) is 48.9 Å². The van der Waals surface area contributed by atoms with Gasteiger partial charge in [-0.3, -0.25) is 0 Å². The Morgan fingerprint density at radius 1 is 1.12 bits per heavy atom. The van der Waals surface area contributed by atoms with E-state index in [4.69, 9.17) is 4.74 Å². The summed E-state index contributed by atoms with van der Waals surface area (Å²) in [6.45, 7) is 0.421. The molecule has 0 aliphatic carbocycles. The van der Waals surface area contributed by atoms with Gasteiger partial charge >= 0.3 is 0 Å². The average molecular weight is 444 g/mol. The van der Waals surface area contributed by atoms with Gasteiger partial charge in [0.1, 0.15) is 11.6 Å². The molecule has 0 saturated heterocycles. The molecule has 0 spiro atoms. The number of nitrogens with zero attached hydrogens (tertiary/aromatic N) is 4. The van der Waals surface area contributed by atoms with Crippen LogP contribution in [0.5, 0.6) is 11.6 Å². The normalized spacial score (nSPS) is 9.71. The molecule has 0 unspecified atom stereocenters. The summed E-state index contributed by atoms with van der Waals surface area (Å²) in [4.78, 5) is 12.7. The van der Waals surface area contributed by atoms with Gasteiger partial charge in [0.25, 0.3) is 0 Å². The van der Waals surface area contributed by atoms with Crippen molar-refractivity contribution >= 4 is 29.9 Å². The van der Waals surface area contributed by atoms with Crippen molar-refractivity contribution in [1.82, 2.24) is 14.8 Å². The van der Waals surface area contributed by atoms with E-state index in [9.17, 15) is 4.39 Å². The van der Waals surface area contributed by atoms with Crippen LogP contribution in [-0.2, 0) is 6.54 Å². The van der Waals surface area contributed by atoms with Crippen LogP contribution in [0.1, 0.15) is 5.56 Å². The summed E-state index contributed by atoms with van der Waals surface area (Å²) in [6, 6.07) is 9.71. The zero-order chi connectivity index (χ0) is 16.8. The van der Waals surface area contributed by atoms with E-state index >= 15 is 0 Å². The van der Waals surface area contributed by atoms with Crippen molar-refractivity contribution in [1.29, 1.82) is 0 Å². The number of aliphatic imine (C=N–C) groups is 1. The number of rotatable bonds is 4. The molecule has 0 atom stereocenters. The van der Waals surface area contributed by atoms with Crippen LogP contribution in [0.15, 0.2) is 47.6 Å². The maximum absolute atomic E-state index is 13.3. The first-order valence-corrected chi connectivity index (χ1v) is 7.24. The third-order valence-corrected chi connectivity index (χ3v) is 3.05. The van der Waals surface area contributed by atoms with Gasteiger partial charge in [-0.1, -0.05) is 12.1 Å². The predicted octanol–water partition coefficient (Wildman–Crippen LogP) is 3.61. The molecule has 0 radical (unpaired) electrons. The molecule has 0 aliphatic heterocycles. The van der Waals surface area contributed by atoms with Crippen molar-refractivity contribution in [3.05, 3.63) is 54.0 Å². The minimum Gasteiger partial charge on any atom is -0.439 e. The van der Waals surface area contributed by atoms with Crippen LogP contribution in [0.4, 0.5) is 4.39 Å². The Morgan fingerprint density at radius 3 is 2.46 bits per heavy atom. The van der Waals surface area contributed by atoms with Crippen molar-refractivity contribution in [2.24, 2.45) is 4.99 Å². The molecule has 0 bridgehead atoms. The molecule has 0 aliphatic rings. The molecule has 2 aromatic rings. The summed E-state index contributed by atoms with van der Waals surface area (Å²) in [5.74, 6) is 1.33. The highest BCUT2D eigenvalue weighted by atomic mass is 127. The van der Waals surface area contributed by atoms with Crippen LogP contribution < -0.4 is 4.74 Å². The van der Waals surface area contributed by atoms with E-state index < -0.39 is 0 Å². The van der Waals surface area contributed by atoms with Crippen molar-refractivity contribution in [3.63, 3.8) is 0 Å². The highest BCUT2D eigenvalue weighted by Gasteiger charge is 2.09. The first-order chi connectivity index (χ1) is 11.0. The number of ether oxygens (including phenoxy) is 1. The smallest absolute Gasteiger partial charge is 0.224 e. The fraction of sp³-hybridized carbons (Fsp3) is 0.294. The monoisotopic (exact) mass is 444 g/mol. The summed E-state index contributed by atoms with van der Waals surface area (Å²) in [5.41, 5.74) is 0.831. The lowest BCUT2D eigenvalue weighted by molar-refractivity contribution is 0.450. The molecule has 0 amide bonds. The van der Waals surface area contributed by atoms with Crippen LogP contribution in [0.3, 0.4) is 0 Å². The summed E-state index contributed by atoms with van der Waals surface area (Å²) < 4.78 is 19.0. The van der Waals surface area contributed by atoms with Gasteiger partial charge < -0.3 is 14.5 Å². The maximum atomic E-state index is 13.3. The van der Waals surface area contributed by atoms with Gasteiger partial charge in [-0.2, -0.15) is 0 Å². The molecule has 0 N–H and O–H groups in total. The number of guanidine groups is 1. The second-order valence-electron chi connectivity index (χ2n) is 5.43. The lowest BCUT2D eigenvalue weighted by atomic mass is 10.2. The highest BCUT2D eigenvalue weighted by Crippen LogP contribution is 2.24. The average Bonchev–Trinajstić information content (AvgIpc) is 2.48. The van der Waals surface area contributed by atoms with Gasteiger partial charge in [-0.25, -0.2) is 14.4 Å². The number of pyridine rings is 1. The lowest BCUT2D eigenvalue weighted by Crippen LogP contribution is -2.35. The third-order valence-electron chi connectivity index (χ3n) is 3.05. The topological polar surface area (TPSA) is 41.0 Å². The molecular formula is C17H22FIN4O. The van der Waals surface area contributed by atoms with Gasteiger partial charge in [0.2, 0.25) is 5.88 Å². The second kappa shape index (κ2) is 9.41. The van der Waals surface area contributed by atoms with Gasteiger partial charge in [-0.05, 0) is 18.2 Å². The quantitative estimate of drug-likeness (QED) is 0.411. The van der Waals surface area contributed by atoms with E-state index in [0.717, 1.165) is 11.5 Å². The molecule has 1 aromatic carbocycles. The number of halogens is 2. The van der Waals surface area contributed by atoms with Crippen LogP contribution in [0.2, 0.25) is 0 Å². The van der Waals surface area contributed by atoms with Crippen molar-refractivity contribution in [2.75, 3.05) is 28.2 Å². The molecule has 130 valence electrons. The minimum absolute atomic E-state index is 0. The third kappa shape index (κ3) is 5.63. The Kier molecular flexibility index (Phi) is 7.90. The van der Waals surface area contributed by atoms with Crippen LogP contribution in [0, 0.1) is 5.82 Å². The van der Waals surface area contributed by atoms with Gasteiger partial charge in [-0.15, -0.1) is 24.0 Å². The van der Waals surface area contributed by atoms with E-state index in [2.05, 4.69) is 9.98 Å². The van der Waals surface area contributed by atoms with Crippen LogP contribution >= 0.6 is 24.0 Å². The van der Waals surface area contributed by atoms with E-state index in [1.54, 1.807) is 18.3 Å². The zero-order valence-corrected chi connectivity index (χ0v) is 16.6. The lowest BCUT2D eigenvalue weighted by Gasteiger charge is -2.22.